The first-order valence-electron chi connectivity index (χ1n) is 5.20. The minimum Gasteiger partial charge on any atom is -0.378 e. The van der Waals surface area contributed by atoms with E-state index in [0.717, 1.165) is 22.0 Å². The number of benzene rings is 1. The molecule has 1 aliphatic rings. The Morgan fingerprint density at radius 1 is 1.44 bits per heavy atom. The third kappa shape index (κ3) is 1.90. The summed E-state index contributed by atoms with van der Waals surface area (Å²) in [6.45, 7) is 0. The molecular weight excluding hydrogens is 260 g/mol. The summed E-state index contributed by atoms with van der Waals surface area (Å²) in [4.78, 5) is 4.39. The van der Waals surface area contributed by atoms with Crippen LogP contribution in [0.2, 0.25) is 5.02 Å². The predicted octanol–water partition coefficient (Wildman–Crippen LogP) is 3.87. The van der Waals surface area contributed by atoms with Crippen molar-refractivity contribution in [3.63, 3.8) is 0 Å². The number of aromatic nitrogens is 1. The van der Waals surface area contributed by atoms with E-state index >= 15 is 0 Å². The maximum atomic E-state index is 6.23. The van der Waals surface area contributed by atoms with Crippen molar-refractivity contribution in [2.45, 2.75) is 12.5 Å². The molecule has 1 fully saturated rings. The van der Waals surface area contributed by atoms with Crippen molar-refractivity contribution < 1.29 is 0 Å². The summed E-state index contributed by atoms with van der Waals surface area (Å²) < 4.78 is 1.19. The van der Waals surface area contributed by atoms with E-state index in [9.17, 15) is 0 Å². The molecule has 5 heteroatoms. The predicted molar refractivity (Wildman–Crippen MR) is 74.0 cm³/mol. The van der Waals surface area contributed by atoms with Crippen LogP contribution in [0.3, 0.4) is 0 Å². The molecule has 2 aromatic rings. The summed E-state index contributed by atoms with van der Waals surface area (Å²) in [5, 5.41) is 4.30. The van der Waals surface area contributed by atoms with E-state index in [4.69, 9.17) is 11.6 Å². The van der Waals surface area contributed by atoms with Crippen molar-refractivity contribution in [3.8, 4) is 0 Å². The van der Waals surface area contributed by atoms with Crippen LogP contribution in [0.15, 0.2) is 17.6 Å². The second-order valence-corrected chi connectivity index (χ2v) is 6.27. The van der Waals surface area contributed by atoms with Crippen molar-refractivity contribution in [3.05, 3.63) is 22.7 Å². The molecule has 0 saturated carbocycles. The highest BCUT2D eigenvalue weighted by Crippen LogP contribution is 2.34. The van der Waals surface area contributed by atoms with Gasteiger partial charge in [-0.15, -0.1) is 11.3 Å². The monoisotopic (exact) mass is 270 g/mol. The Kier molecular flexibility index (Phi) is 2.96. The van der Waals surface area contributed by atoms with Crippen molar-refractivity contribution in [2.24, 2.45) is 0 Å². The standard InChI is InChI=1S/C11H11ClN2S2/c12-8-1-2-9-11(13-6-16-9)10(8)14-7-3-4-15-5-7/h1-2,6-7,14H,3-5H2. The van der Waals surface area contributed by atoms with Gasteiger partial charge in [-0.25, -0.2) is 4.98 Å². The summed E-state index contributed by atoms with van der Waals surface area (Å²) in [6.07, 6.45) is 1.21. The number of rotatable bonds is 2. The fourth-order valence-electron chi connectivity index (χ4n) is 1.90. The molecule has 84 valence electrons. The van der Waals surface area contributed by atoms with E-state index < -0.39 is 0 Å². The number of thiazole rings is 1. The summed E-state index contributed by atoms with van der Waals surface area (Å²) in [6, 6.07) is 4.52. The highest BCUT2D eigenvalue weighted by atomic mass is 35.5. The number of thioether (sulfide) groups is 1. The first-order valence-corrected chi connectivity index (χ1v) is 7.62. The zero-order valence-corrected chi connectivity index (χ0v) is 11.0. The van der Waals surface area contributed by atoms with Gasteiger partial charge in [-0.1, -0.05) is 11.6 Å². The van der Waals surface area contributed by atoms with E-state index in [1.54, 1.807) is 11.3 Å². The van der Waals surface area contributed by atoms with Crippen LogP contribution in [-0.4, -0.2) is 22.5 Å². The number of hydrogen-bond acceptors (Lipinski definition) is 4. The van der Waals surface area contributed by atoms with E-state index in [1.807, 2.05) is 29.4 Å². The average Bonchev–Trinajstić information content (AvgIpc) is 2.92. The van der Waals surface area contributed by atoms with Crippen molar-refractivity contribution in [1.82, 2.24) is 4.98 Å². The molecule has 0 bridgehead atoms. The van der Waals surface area contributed by atoms with E-state index in [0.29, 0.717) is 6.04 Å². The van der Waals surface area contributed by atoms with Gasteiger partial charge < -0.3 is 5.32 Å². The van der Waals surface area contributed by atoms with Gasteiger partial charge in [0.2, 0.25) is 0 Å². The number of nitrogens with zero attached hydrogens (tertiary/aromatic N) is 1. The number of halogens is 1. The van der Waals surface area contributed by atoms with E-state index in [1.165, 1.54) is 16.9 Å². The summed E-state index contributed by atoms with van der Waals surface area (Å²) in [5.41, 5.74) is 3.89. The molecule has 0 radical (unpaired) electrons. The fourth-order valence-corrected chi connectivity index (χ4v) is 3.94. The zero-order valence-electron chi connectivity index (χ0n) is 8.57. The maximum Gasteiger partial charge on any atom is 0.106 e. The van der Waals surface area contributed by atoms with Gasteiger partial charge in [0, 0.05) is 11.8 Å². The molecule has 1 aromatic heterocycles. The van der Waals surface area contributed by atoms with E-state index in [-0.39, 0.29) is 0 Å². The molecule has 1 aromatic carbocycles. The minimum atomic E-state index is 0.537. The molecule has 1 atom stereocenters. The fraction of sp³-hybridized carbons (Fsp3) is 0.364. The van der Waals surface area contributed by atoms with Crippen LogP contribution in [0.1, 0.15) is 6.42 Å². The number of fused-ring (bicyclic) bond motifs is 1. The highest BCUT2D eigenvalue weighted by Gasteiger charge is 2.18. The molecule has 1 aliphatic heterocycles. The number of anilines is 1. The van der Waals surface area contributed by atoms with Gasteiger partial charge in [0.05, 0.1) is 20.9 Å². The number of hydrogen-bond donors (Lipinski definition) is 1. The quantitative estimate of drug-likeness (QED) is 0.897. The third-order valence-electron chi connectivity index (χ3n) is 2.73. The third-order valence-corrected chi connectivity index (χ3v) is 5.00. The zero-order chi connectivity index (χ0) is 11.0. The van der Waals surface area contributed by atoms with Crippen LogP contribution >= 0.6 is 34.7 Å². The lowest BCUT2D eigenvalue weighted by molar-refractivity contribution is 0.814. The average molecular weight is 271 g/mol. The van der Waals surface area contributed by atoms with E-state index in [2.05, 4.69) is 10.3 Å². The molecule has 2 nitrogen and oxygen atoms in total. The van der Waals surface area contributed by atoms with Gasteiger partial charge in [-0.05, 0) is 24.3 Å². The molecule has 0 aliphatic carbocycles. The summed E-state index contributed by atoms with van der Waals surface area (Å²) in [7, 11) is 0. The normalized spacial score (nSPS) is 20.4. The van der Waals surface area contributed by atoms with Crippen LogP contribution < -0.4 is 5.32 Å². The molecule has 16 heavy (non-hydrogen) atoms. The molecule has 3 rings (SSSR count). The highest BCUT2D eigenvalue weighted by molar-refractivity contribution is 7.99. The summed E-state index contributed by atoms with van der Waals surface area (Å²) in [5.74, 6) is 2.40. The van der Waals surface area contributed by atoms with Crippen LogP contribution in [0, 0.1) is 0 Å². The summed E-state index contributed by atoms with van der Waals surface area (Å²) >= 11 is 9.88. The molecule has 0 amide bonds. The number of nitrogens with one attached hydrogen (secondary N) is 1. The molecule has 1 unspecified atom stereocenters. The molecule has 2 heterocycles. The topological polar surface area (TPSA) is 24.9 Å². The van der Waals surface area contributed by atoms with Crippen LogP contribution in [0.25, 0.3) is 10.2 Å². The SMILES string of the molecule is Clc1ccc2scnc2c1NC1CCSC1. The second kappa shape index (κ2) is 4.43. The van der Waals surface area contributed by atoms with Gasteiger partial charge in [-0.2, -0.15) is 11.8 Å². The Bertz CT molecular complexity index is 506. The maximum absolute atomic E-state index is 6.23. The van der Waals surface area contributed by atoms with Crippen LogP contribution in [0.4, 0.5) is 5.69 Å². The van der Waals surface area contributed by atoms with Crippen LogP contribution in [0.5, 0.6) is 0 Å². The smallest absolute Gasteiger partial charge is 0.106 e. The Morgan fingerprint density at radius 2 is 2.38 bits per heavy atom. The lowest BCUT2D eigenvalue weighted by Crippen LogP contribution is -2.18. The van der Waals surface area contributed by atoms with Gasteiger partial charge in [0.25, 0.3) is 0 Å². The van der Waals surface area contributed by atoms with Crippen LogP contribution in [-0.2, 0) is 0 Å². The second-order valence-electron chi connectivity index (χ2n) is 3.83. The minimum absolute atomic E-state index is 0.537. The largest absolute Gasteiger partial charge is 0.378 e. The molecule has 0 spiro atoms. The van der Waals surface area contributed by atoms with Crippen molar-refractivity contribution >= 4 is 50.6 Å². The Morgan fingerprint density at radius 3 is 3.19 bits per heavy atom. The lowest BCUT2D eigenvalue weighted by atomic mass is 10.2. The van der Waals surface area contributed by atoms with Gasteiger partial charge in [0.15, 0.2) is 0 Å². The first kappa shape index (κ1) is 10.7. The van der Waals surface area contributed by atoms with Crippen molar-refractivity contribution in [1.29, 1.82) is 0 Å². The first-order chi connectivity index (χ1) is 7.84. The molecular formula is C11H11ClN2S2. The Labute approximate surface area is 107 Å². The van der Waals surface area contributed by atoms with Gasteiger partial charge >= 0.3 is 0 Å². The van der Waals surface area contributed by atoms with Crippen molar-refractivity contribution in [2.75, 3.05) is 16.8 Å². The van der Waals surface area contributed by atoms with Gasteiger partial charge in [0.1, 0.15) is 5.52 Å². The lowest BCUT2D eigenvalue weighted by Gasteiger charge is -2.14. The Balaban J connectivity index is 1.99. The van der Waals surface area contributed by atoms with Gasteiger partial charge in [-0.3, -0.25) is 0 Å². The Hall–Kier alpha value is -0.450. The molecule has 1 saturated heterocycles. The molecule has 1 N–H and O–H groups in total.